The second-order valence-electron chi connectivity index (χ2n) is 1.94. The second-order valence-corrected chi connectivity index (χ2v) is 3.10. The molecule has 1 radical (unpaired) electrons. The Morgan fingerprint density at radius 3 is 2.08 bits per heavy atom. The third kappa shape index (κ3) is 4.53. The first kappa shape index (κ1) is 11.7. The summed E-state index contributed by atoms with van der Waals surface area (Å²) in [6, 6.07) is 8.14. The molecule has 0 atom stereocenters. The number of rotatable bonds is 2. The Labute approximate surface area is 86.4 Å². The second kappa shape index (κ2) is 4.64. The van der Waals surface area contributed by atoms with E-state index in [2.05, 4.69) is 0 Å². The number of hydrogen-bond acceptors (Lipinski definition) is 2. The monoisotopic (exact) mass is 354 g/mol. The molecule has 0 unspecified atom stereocenters. The van der Waals surface area contributed by atoms with Gasteiger partial charge in [-0.1, -0.05) is 18.2 Å². The van der Waals surface area contributed by atoms with E-state index in [-0.39, 0.29) is 22.4 Å². The summed E-state index contributed by atoms with van der Waals surface area (Å²) in [7, 11) is -4.13. The van der Waals surface area contributed by atoms with Gasteiger partial charge in [0.2, 0.25) is 0 Å². The van der Waals surface area contributed by atoms with E-state index in [9.17, 15) is 8.42 Å². The van der Waals surface area contributed by atoms with Crippen molar-refractivity contribution in [1.82, 2.24) is 0 Å². The molecule has 1 rings (SSSR count). The molecular weight excluding hydrogens is 347 g/mol. The van der Waals surface area contributed by atoms with Crippen molar-refractivity contribution in [3.8, 4) is 0 Å². The summed E-state index contributed by atoms with van der Waals surface area (Å²) in [6.45, 7) is 0. The van der Waals surface area contributed by atoms with Crippen molar-refractivity contribution in [2.24, 2.45) is 0 Å². The molecule has 0 bridgehead atoms. The van der Waals surface area contributed by atoms with Gasteiger partial charge in [-0.05, 0) is 12.1 Å². The van der Waals surface area contributed by atoms with Crippen LogP contribution in [0.4, 0.5) is 5.69 Å². The summed E-state index contributed by atoms with van der Waals surface area (Å²) in [4.78, 5) is 0. The van der Waals surface area contributed by atoms with Gasteiger partial charge in [0.25, 0.3) is 0 Å². The number of hydrogen-bond donors (Lipinski definition) is 2. The van der Waals surface area contributed by atoms with E-state index < -0.39 is 10.3 Å². The van der Waals surface area contributed by atoms with Crippen LogP contribution >= 0.6 is 0 Å². The average molecular weight is 354 g/mol. The predicted molar refractivity (Wildman–Crippen MR) is 41.6 cm³/mol. The maximum absolute atomic E-state index is 10.2. The van der Waals surface area contributed by atoms with E-state index in [0.29, 0.717) is 5.69 Å². The van der Waals surface area contributed by atoms with E-state index >= 15 is 0 Å². The zero-order valence-corrected chi connectivity index (χ0v) is 10.0. The van der Waals surface area contributed by atoms with Gasteiger partial charge in [-0.3, -0.25) is 9.27 Å². The van der Waals surface area contributed by atoms with Crippen molar-refractivity contribution in [3.05, 3.63) is 30.3 Å². The summed E-state index contributed by atoms with van der Waals surface area (Å²) >= 11 is 0. The molecule has 65 valence electrons. The molecule has 4 nitrogen and oxygen atoms in total. The van der Waals surface area contributed by atoms with Gasteiger partial charge in [0, 0.05) is 22.4 Å². The molecule has 6 heteroatoms. The zero-order chi connectivity index (χ0) is 8.32. The fourth-order valence-electron chi connectivity index (χ4n) is 0.655. The summed E-state index contributed by atoms with van der Waals surface area (Å²) in [5, 5.41) is 0. The fraction of sp³-hybridized carbons (Fsp3) is 0. The first-order chi connectivity index (χ1) is 5.08. The van der Waals surface area contributed by atoms with Crippen LogP contribution in [0.25, 0.3) is 0 Å². The predicted octanol–water partition coefficient (Wildman–Crippen LogP) is 0.899. The van der Waals surface area contributed by atoms with Gasteiger partial charge in [-0.15, -0.1) is 0 Å². The van der Waals surface area contributed by atoms with Crippen LogP contribution in [0.5, 0.6) is 0 Å². The summed E-state index contributed by atoms with van der Waals surface area (Å²) in [5.74, 6) is 0. The molecule has 0 aromatic heterocycles. The van der Waals surface area contributed by atoms with Crippen molar-refractivity contribution in [3.63, 3.8) is 0 Å². The molecule has 12 heavy (non-hydrogen) atoms. The van der Waals surface area contributed by atoms with Gasteiger partial charge in [0.15, 0.2) is 0 Å². The van der Waals surface area contributed by atoms with E-state index in [0.717, 1.165) is 0 Å². The minimum atomic E-state index is -4.13. The number of nitrogens with one attached hydrogen (secondary N) is 1. The maximum Gasteiger partial charge on any atom is 0.357 e. The summed E-state index contributed by atoms with van der Waals surface area (Å²) in [5.41, 5.74) is 0.343. The van der Waals surface area contributed by atoms with Crippen LogP contribution in [0.2, 0.25) is 0 Å². The van der Waals surface area contributed by atoms with Crippen molar-refractivity contribution in [2.45, 2.75) is 0 Å². The number of benzene rings is 1. The van der Waals surface area contributed by atoms with Gasteiger partial charge in [0.1, 0.15) is 0 Å². The number of para-hydroxylation sites is 1. The minimum absolute atomic E-state index is 0. The van der Waals surface area contributed by atoms with Crippen molar-refractivity contribution >= 4 is 16.0 Å². The molecule has 1 aromatic carbocycles. The zero-order valence-electron chi connectivity index (χ0n) is 6.01. The fourth-order valence-corrected chi connectivity index (χ4v) is 1.09. The van der Waals surface area contributed by atoms with Gasteiger partial charge in [0.05, 0.1) is 5.69 Å². The molecule has 0 spiro atoms. The Hall–Kier alpha value is -0.330. The molecule has 0 aliphatic heterocycles. The van der Waals surface area contributed by atoms with Crippen molar-refractivity contribution in [1.29, 1.82) is 0 Å². The van der Waals surface area contributed by atoms with Gasteiger partial charge in [-0.2, -0.15) is 8.42 Å². The third-order valence-corrected chi connectivity index (χ3v) is 1.51. The molecule has 2 N–H and O–H groups in total. The molecule has 0 fully saturated rings. The van der Waals surface area contributed by atoms with E-state index in [1.165, 1.54) is 12.1 Å². The van der Waals surface area contributed by atoms with Crippen LogP contribution in [0.15, 0.2) is 30.3 Å². The molecule has 0 saturated carbocycles. The minimum Gasteiger partial charge on any atom is -0.269 e. The summed E-state index contributed by atoms with van der Waals surface area (Å²) in [6.07, 6.45) is 0. The average Bonchev–Trinajstić information content (AvgIpc) is 1.85. The Balaban J connectivity index is 0.00000121. The van der Waals surface area contributed by atoms with E-state index in [1.54, 1.807) is 18.2 Å². The van der Waals surface area contributed by atoms with E-state index in [1.807, 2.05) is 4.72 Å². The molecule has 0 aliphatic rings. The Kier molecular flexibility index (Phi) is 4.51. The maximum atomic E-state index is 10.2. The third-order valence-electron chi connectivity index (χ3n) is 1.02. The van der Waals surface area contributed by atoms with Gasteiger partial charge in [-0.25, -0.2) is 0 Å². The first-order valence-electron chi connectivity index (χ1n) is 2.88. The molecule has 0 aliphatic carbocycles. The molecule has 0 heterocycles. The van der Waals surface area contributed by atoms with Gasteiger partial charge >= 0.3 is 10.3 Å². The van der Waals surface area contributed by atoms with Crippen LogP contribution < -0.4 is 4.72 Å². The Morgan fingerprint density at radius 1 is 1.17 bits per heavy atom. The topological polar surface area (TPSA) is 66.4 Å². The van der Waals surface area contributed by atoms with Gasteiger partial charge < -0.3 is 0 Å². The normalized spacial score (nSPS) is 10.1. The van der Waals surface area contributed by atoms with Crippen molar-refractivity contribution < 1.29 is 35.4 Å². The van der Waals surface area contributed by atoms with Crippen LogP contribution in [-0.2, 0) is 32.7 Å². The Bertz CT molecular complexity index is 324. The van der Waals surface area contributed by atoms with Crippen LogP contribution in [0, 0.1) is 0 Å². The molecular formula is C6H7NO3STa. The van der Waals surface area contributed by atoms with Crippen molar-refractivity contribution in [2.75, 3.05) is 4.72 Å². The first-order valence-corrected chi connectivity index (χ1v) is 4.32. The van der Waals surface area contributed by atoms with Crippen LogP contribution in [-0.4, -0.2) is 13.0 Å². The smallest absolute Gasteiger partial charge is 0.269 e. The molecule has 1 aromatic rings. The quantitative estimate of drug-likeness (QED) is 0.776. The van der Waals surface area contributed by atoms with Crippen LogP contribution in [0.1, 0.15) is 0 Å². The SMILES string of the molecule is O=S(=O)(O)Nc1ccccc1.[Ta]. The van der Waals surface area contributed by atoms with E-state index in [4.69, 9.17) is 4.55 Å². The Morgan fingerprint density at radius 2 is 1.67 bits per heavy atom. The standard InChI is InChI=1S/C6H7NO3S.Ta/c8-11(9,10)7-6-4-2-1-3-5-6;/h1-5,7H,(H,8,9,10);. The largest absolute Gasteiger partial charge is 0.357 e. The molecule has 0 saturated heterocycles. The summed E-state index contributed by atoms with van der Waals surface area (Å²) < 4.78 is 30.7. The van der Waals surface area contributed by atoms with Crippen LogP contribution in [0.3, 0.4) is 0 Å². The molecule has 0 amide bonds. The number of anilines is 1.